The Hall–Kier alpha value is -2.64. The minimum absolute atomic E-state index is 0.00689. The predicted molar refractivity (Wildman–Crippen MR) is 119 cm³/mol. The summed E-state index contributed by atoms with van der Waals surface area (Å²) in [6, 6.07) is 10.6. The number of amides is 1. The summed E-state index contributed by atoms with van der Waals surface area (Å²) in [5, 5.41) is 0. The third kappa shape index (κ3) is 5.95. The molecule has 31 heavy (non-hydrogen) atoms. The number of piperazine rings is 1. The molecule has 1 amide bonds. The summed E-state index contributed by atoms with van der Waals surface area (Å²) in [4.78, 5) is 18.7. The first-order chi connectivity index (χ1) is 14.9. The Morgan fingerprint density at radius 1 is 1.00 bits per heavy atom. The number of aryl methyl sites for hydroxylation is 1. The molecule has 1 aliphatic rings. The lowest BCUT2D eigenvalue weighted by Crippen LogP contribution is -2.49. The molecule has 0 atom stereocenters. The number of hydrogen-bond donors (Lipinski definition) is 0. The zero-order valence-corrected chi connectivity index (χ0v) is 18.9. The zero-order chi connectivity index (χ0) is 22.4. The van der Waals surface area contributed by atoms with Gasteiger partial charge in [0.1, 0.15) is 5.82 Å². The van der Waals surface area contributed by atoms with Crippen molar-refractivity contribution in [2.75, 3.05) is 54.0 Å². The van der Waals surface area contributed by atoms with Gasteiger partial charge in [-0.2, -0.15) is 0 Å². The molecule has 1 saturated heterocycles. The first-order valence-electron chi connectivity index (χ1n) is 10.5. The van der Waals surface area contributed by atoms with Crippen molar-refractivity contribution in [3.05, 3.63) is 58.9 Å². The van der Waals surface area contributed by atoms with Crippen LogP contribution in [0.25, 0.3) is 0 Å². The van der Waals surface area contributed by atoms with E-state index in [1.165, 1.54) is 17.2 Å². The number of benzene rings is 2. The van der Waals surface area contributed by atoms with Gasteiger partial charge in [0.15, 0.2) is 11.5 Å². The summed E-state index contributed by atoms with van der Waals surface area (Å²) in [6.45, 7) is 6.98. The fourth-order valence-corrected chi connectivity index (χ4v) is 3.82. The largest absolute Gasteiger partial charge is 0.493 e. The number of carbonyl (C=O) groups excluding carboxylic acids is 1. The Bertz CT molecular complexity index is 898. The minimum Gasteiger partial charge on any atom is -0.493 e. The summed E-state index contributed by atoms with van der Waals surface area (Å²) < 4.78 is 24.7. The number of carbonyl (C=O) groups is 1. The molecule has 2 aromatic rings. The summed E-state index contributed by atoms with van der Waals surface area (Å²) in [7, 11) is 5.02. The maximum Gasteiger partial charge on any atom is 0.236 e. The van der Waals surface area contributed by atoms with E-state index in [-0.39, 0.29) is 18.3 Å². The average Bonchev–Trinajstić information content (AvgIpc) is 2.77. The van der Waals surface area contributed by atoms with Gasteiger partial charge >= 0.3 is 0 Å². The van der Waals surface area contributed by atoms with Crippen LogP contribution < -0.4 is 9.47 Å². The molecule has 0 unspecified atom stereocenters. The third-order valence-electron chi connectivity index (χ3n) is 5.85. The molecule has 6 nitrogen and oxygen atoms in total. The van der Waals surface area contributed by atoms with Crippen LogP contribution in [-0.2, 0) is 17.9 Å². The van der Waals surface area contributed by atoms with Crippen molar-refractivity contribution in [3.8, 4) is 11.5 Å². The van der Waals surface area contributed by atoms with Crippen LogP contribution in [0.1, 0.15) is 16.7 Å². The van der Waals surface area contributed by atoms with Crippen molar-refractivity contribution < 1.29 is 18.7 Å². The first kappa shape index (κ1) is 23.0. The molecule has 1 heterocycles. The average molecular weight is 430 g/mol. The van der Waals surface area contributed by atoms with E-state index in [2.05, 4.69) is 16.7 Å². The Morgan fingerprint density at radius 2 is 1.61 bits per heavy atom. The van der Waals surface area contributed by atoms with Crippen LogP contribution >= 0.6 is 0 Å². The third-order valence-corrected chi connectivity index (χ3v) is 5.85. The lowest BCUT2D eigenvalue weighted by Gasteiger charge is -2.35. The maximum absolute atomic E-state index is 13.8. The molecule has 168 valence electrons. The van der Waals surface area contributed by atoms with Crippen LogP contribution in [-0.4, -0.2) is 74.6 Å². The number of likely N-dealkylation sites (N-methyl/N-ethyl adjacent to an activating group) is 1. The van der Waals surface area contributed by atoms with Gasteiger partial charge < -0.3 is 14.4 Å². The van der Waals surface area contributed by atoms with Crippen LogP contribution in [0, 0.1) is 12.7 Å². The lowest BCUT2D eigenvalue weighted by atomic mass is 10.1. The van der Waals surface area contributed by atoms with Gasteiger partial charge in [-0.1, -0.05) is 18.2 Å². The molecule has 0 aromatic heterocycles. The van der Waals surface area contributed by atoms with E-state index in [0.717, 1.165) is 44.2 Å². The molecule has 2 aromatic carbocycles. The fourth-order valence-electron chi connectivity index (χ4n) is 3.82. The highest BCUT2D eigenvalue weighted by molar-refractivity contribution is 5.78. The first-order valence-corrected chi connectivity index (χ1v) is 10.5. The van der Waals surface area contributed by atoms with Crippen LogP contribution in [0.3, 0.4) is 0 Å². The molecule has 0 spiro atoms. The van der Waals surface area contributed by atoms with Crippen LogP contribution in [0.5, 0.6) is 11.5 Å². The summed E-state index contributed by atoms with van der Waals surface area (Å²) in [6.07, 6.45) is 0. The van der Waals surface area contributed by atoms with E-state index in [1.54, 1.807) is 44.4 Å². The Balaban J connectivity index is 1.49. The second-order valence-corrected chi connectivity index (χ2v) is 8.03. The van der Waals surface area contributed by atoms with Crippen LogP contribution in [0.2, 0.25) is 0 Å². The smallest absolute Gasteiger partial charge is 0.236 e. The number of halogens is 1. The van der Waals surface area contributed by atoms with Gasteiger partial charge in [0.25, 0.3) is 0 Å². The molecular weight excluding hydrogens is 397 g/mol. The molecule has 0 bridgehead atoms. The van der Waals surface area contributed by atoms with E-state index in [1.807, 2.05) is 12.1 Å². The van der Waals surface area contributed by atoms with Gasteiger partial charge in [-0.15, -0.1) is 0 Å². The quantitative estimate of drug-likeness (QED) is 0.646. The van der Waals surface area contributed by atoms with Crippen molar-refractivity contribution in [3.63, 3.8) is 0 Å². The molecule has 1 fully saturated rings. The molecule has 0 N–H and O–H groups in total. The van der Waals surface area contributed by atoms with Crippen LogP contribution in [0.4, 0.5) is 4.39 Å². The molecule has 0 aliphatic carbocycles. The monoisotopic (exact) mass is 429 g/mol. The molecule has 7 heteroatoms. The maximum atomic E-state index is 13.8. The van der Waals surface area contributed by atoms with E-state index in [4.69, 9.17) is 9.47 Å². The summed E-state index contributed by atoms with van der Waals surface area (Å²) in [5.41, 5.74) is 2.92. The second kappa shape index (κ2) is 10.6. The highest BCUT2D eigenvalue weighted by atomic mass is 19.1. The molecule has 0 radical (unpaired) electrons. The van der Waals surface area contributed by atoms with Gasteiger partial charge in [0, 0.05) is 51.9 Å². The van der Waals surface area contributed by atoms with Crippen molar-refractivity contribution in [2.45, 2.75) is 20.0 Å². The Morgan fingerprint density at radius 3 is 2.26 bits per heavy atom. The second-order valence-electron chi connectivity index (χ2n) is 8.03. The van der Waals surface area contributed by atoms with Gasteiger partial charge in [0.2, 0.25) is 5.91 Å². The highest BCUT2D eigenvalue weighted by Crippen LogP contribution is 2.31. The number of hydrogen-bond acceptors (Lipinski definition) is 5. The number of nitrogens with zero attached hydrogens (tertiary/aromatic N) is 3. The van der Waals surface area contributed by atoms with E-state index in [9.17, 15) is 9.18 Å². The van der Waals surface area contributed by atoms with Crippen LogP contribution in [0.15, 0.2) is 36.4 Å². The topological polar surface area (TPSA) is 45.2 Å². The SMILES string of the molecule is COc1cc(C)c(CN2CCN(CC(=O)N(C)Cc3ccccc3F)CC2)cc1OC. The standard InChI is InChI=1S/C24H32FN3O3/c1-18-13-22(30-3)23(31-4)14-20(18)16-27-9-11-28(12-10-27)17-24(29)26(2)15-19-7-5-6-8-21(19)25/h5-8,13-14H,9-12,15-17H2,1-4H3. The lowest BCUT2D eigenvalue weighted by molar-refractivity contribution is -0.132. The highest BCUT2D eigenvalue weighted by Gasteiger charge is 2.22. The van der Waals surface area contributed by atoms with Crippen molar-refractivity contribution in [1.29, 1.82) is 0 Å². The number of rotatable bonds is 8. The summed E-state index contributed by atoms with van der Waals surface area (Å²) >= 11 is 0. The van der Waals surface area contributed by atoms with Gasteiger partial charge in [-0.25, -0.2) is 4.39 Å². The molecule has 1 aliphatic heterocycles. The molecule has 0 saturated carbocycles. The molecular formula is C24H32FN3O3. The van der Waals surface area contributed by atoms with Crippen molar-refractivity contribution in [1.82, 2.24) is 14.7 Å². The van der Waals surface area contributed by atoms with E-state index >= 15 is 0 Å². The Kier molecular flexibility index (Phi) is 7.87. The zero-order valence-electron chi connectivity index (χ0n) is 18.9. The Labute approximate surface area is 184 Å². The molecule has 3 rings (SSSR count). The van der Waals surface area contributed by atoms with Crippen molar-refractivity contribution >= 4 is 5.91 Å². The normalized spacial score (nSPS) is 15.0. The van der Waals surface area contributed by atoms with E-state index in [0.29, 0.717) is 12.1 Å². The predicted octanol–water partition coefficient (Wildman–Crippen LogP) is 2.93. The number of methoxy groups -OCH3 is 2. The van der Waals surface area contributed by atoms with Gasteiger partial charge in [-0.3, -0.25) is 14.6 Å². The van der Waals surface area contributed by atoms with Crippen molar-refractivity contribution in [2.24, 2.45) is 0 Å². The number of ether oxygens (including phenoxy) is 2. The minimum atomic E-state index is -0.277. The van der Waals surface area contributed by atoms with Gasteiger partial charge in [0.05, 0.1) is 20.8 Å². The summed E-state index contributed by atoms with van der Waals surface area (Å²) in [5.74, 6) is 1.21. The fraction of sp³-hybridized carbons (Fsp3) is 0.458. The van der Waals surface area contributed by atoms with Gasteiger partial charge in [-0.05, 0) is 36.2 Å². The van der Waals surface area contributed by atoms with E-state index < -0.39 is 0 Å².